The van der Waals surface area contributed by atoms with Crippen LogP contribution in [0.5, 0.6) is 0 Å². The number of hydrogen-bond donors (Lipinski definition) is 2. The minimum absolute atomic E-state index is 0.144. The Morgan fingerprint density at radius 2 is 1.58 bits per heavy atom. The van der Waals surface area contributed by atoms with Gasteiger partial charge in [0.2, 0.25) is 16.0 Å². The summed E-state index contributed by atoms with van der Waals surface area (Å²) in [6.07, 6.45) is 0. The first-order valence-electron chi connectivity index (χ1n) is 11.5. The van der Waals surface area contributed by atoms with Crippen LogP contribution in [0.3, 0.4) is 0 Å². The molecule has 1 aliphatic heterocycles. The first kappa shape index (κ1) is 27.4. The third-order valence-corrected chi connectivity index (χ3v) is 8.52. The predicted octanol–water partition coefficient (Wildman–Crippen LogP) is 2.78. The summed E-state index contributed by atoms with van der Waals surface area (Å²) in [4.78, 5) is 3.99. The molecule has 0 spiro atoms. The van der Waals surface area contributed by atoms with Crippen LogP contribution in [0, 0.1) is 11.6 Å². The molecule has 3 aromatic carbocycles. The number of sulfonamides is 2. The molecule has 4 rings (SSSR count). The Morgan fingerprint density at radius 1 is 1.00 bits per heavy atom. The van der Waals surface area contributed by atoms with Crippen LogP contribution in [0.15, 0.2) is 93.9 Å². The van der Waals surface area contributed by atoms with Gasteiger partial charge in [-0.05, 0) is 54.4 Å². The number of nitrogens with two attached hydrogens (primary N) is 1. The summed E-state index contributed by atoms with van der Waals surface area (Å²) in [6.45, 7) is 1.13. The number of nitrogens with zero attached hydrogens (tertiary/aromatic N) is 3. The quantitative estimate of drug-likeness (QED) is 0.338. The van der Waals surface area contributed by atoms with Gasteiger partial charge in [0.05, 0.1) is 28.9 Å². The lowest BCUT2D eigenvalue weighted by atomic mass is 9.91. The van der Waals surface area contributed by atoms with Crippen LogP contribution in [0.25, 0.3) is 0 Å². The van der Waals surface area contributed by atoms with Crippen molar-refractivity contribution in [1.82, 2.24) is 9.73 Å². The number of hydrazone groups is 1. The van der Waals surface area contributed by atoms with Crippen LogP contribution in [-0.2, 0) is 20.0 Å². The van der Waals surface area contributed by atoms with Gasteiger partial charge in [0.15, 0.2) is 0 Å². The summed E-state index contributed by atoms with van der Waals surface area (Å²) in [6, 6.07) is 19.2. The summed E-state index contributed by atoms with van der Waals surface area (Å²) in [5.41, 5.74) is 2.02. The van der Waals surface area contributed by atoms with Gasteiger partial charge >= 0.3 is 0 Å². The molecule has 3 N–H and O–H groups in total. The van der Waals surface area contributed by atoms with Crippen LogP contribution >= 0.6 is 0 Å². The number of nitrogens with one attached hydrogen (secondary N) is 1. The van der Waals surface area contributed by atoms with E-state index >= 15 is 0 Å². The van der Waals surface area contributed by atoms with Gasteiger partial charge in [-0.25, -0.2) is 45.5 Å². The van der Waals surface area contributed by atoms with E-state index in [0.29, 0.717) is 11.3 Å². The molecule has 200 valence electrons. The second kappa shape index (κ2) is 11.0. The highest BCUT2D eigenvalue weighted by atomic mass is 32.2. The van der Waals surface area contributed by atoms with Gasteiger partial charge in [-0.2, -0.15) is 5.10 Å². The molecule has 1 aliphatic rings. The Morgan fingerprint density at radius 3 is 2.16 bits per heavy atom. The maximum absolute atomic E-state index is 13.6. The highest BCUT2D eigenvalue weighted by molar-refractivity contribution is 7.90. The van der Waals surface area contributed by atoms with Crippen LogP contribution in [0.4, 0.5) is 8.78 Å². The number of benzene rings is 3. The van der Waals surface area contributed by atoms with Crippen molar-refractivity contribution in [2.45, 2.75) is 23.0 Å². The molecular formula is C25H25F2N5O4S2. The number of halogens is 2. The number of guanidine groups is 1. The zero-order valence-corrected chi connectivity index (χ0v) is 21.8. The molecule has 0 bridgehead atoms. The van der Waals surface area contributed by atoms with Crippen molar-refractivity contribution in [2.24, 2.45) is 15.2 Å². The van der Waals surface area contributed by atoms with E-state index in [1.807, 2.05) is 30.3 Å². The average Bonchev–Trinajstić information content (AvgIpc) is 3.32. The van der Waals surface area contributed by atoms with Crippen molar-refractivity contribution in [3.63, 3.8) is 0 Å². The van der Waals surface area contributed by atoms with E-state index in [9.17, 15) is 25.6 Å². The predicted molar refractivity (Wildman–Crippen MR) is 140 cm³/mol. The van der Waals surface area contributed by atoms with Gasteiger partial charge in [0, 0.05) is 5.92 Å². The van der Waals surface area contributed by atoms with Gasteiger partial charge in [-0.15, -0.1) is 0 Å². The van der Waals surface area contributed by atoms with Crippen molar-refractivity contribution < 1.29 is 25.6 Å². The number of aliphatic imine (C=N–C) groups is 1. The van der Waals surface area contributed by atoms with Crippen molar-refractivity contribution in [3.05, 3.63) is 102 Å². The molecule has 0 saturated carbocycles. The third kappa shape index (κ3) is 6.41. The number of rotatable bonds is 7. The van der Waals surface area contributed by atoms with E-state index in [4.69, 9.17) is 5.14 Å². The molecule has 38 heavy (non-hydrogen) atoms. The largest absolute Gasteiger partial charge is 0.264 e. The monoisotopic (exact) mass is 561 g/mol. The summed E-state index contributed by atoms with van der Waals surface area (Å²) in [5.74, 6) is -1.63. The Balaban J connectivity index is 1.76. The van der Waals surface area contributed by atoms with Crippen LogP contribution in [-0.4, -0.2) is 51.9 Å². The molecule has 9 nitrogen and oxygen atoms in total. The fourth-order valence-electron chi connectivity index (χ4n) is 3.74. The Kier molecular flexibility index (Phi) is 7.90. The maximum Gasteiger partial charge on any atom is 0.264 e. The molecule has 0 aliphatic carbocycles. The fraction of sp³-hybridized carbons (Fsp3) is 0.200. The molecule has 0 radical (unpaired) electrons. The molecule has 0 amide bonds. The molecule has 2 atom stereocenters. The van der Waals surface area contributed by atoms with E-state index < -0.39 is 36.9 Å². The molecular weight excluding hydrogens is 536 g/mol. The zero-order valence-electron chi connectivity index (χ0n) is 20.2. The van der Waals surface area contributed by atoms with Gasteiger partial charge in [-0.1, -0.05) is 42.5 Å². The lowest BCUT2D eigenvalue weighted by Gasteiger charge is -2.20. The average molecular weight is 562 g/mol. The van der Waals surface area contributed by atoms with E-state index in [1.54, 1.807) is 12.1 Å². The van der Waals surface area contributed by atoms with E-state index in [1.165, 1.54) is 24.1 Å². The highest BCUT2D eigenvalue weighted by Gasteiger charge is 2.33. The SMILES string of the molecule is CC(CN=C(NS(=O)(=O)c1ccc(F)cc1)N1C[C@@H](c2ccccc2)C(c2ccc(F)cc2)=N1)S(N)(=O)=O. The third-order valence-electron chi connectivity index (χ3n) is 5.91. The lowest BCUT2D eigenvalue weighted by Crippen LogP contribution is -2.42. The molecule has 1 unspecified atom stereocenters. The first-order valence-corrected chi connectivity index (χ1v) is 14.5. The van der Waals surface area contributed by atoms with E-state index in [0.717, 1.165) is 29.8 Å². The molecule has 0 fully saturated rings. The van der Waals surface area contributed by atoms with Gasteiger partial charge in [-0.3, -0.25) is 0 Å². The van der Waals surface area contributed by atoms with Crippen molar-refractivity contribution in [3.8, 4) is 0 Å². The van der Waals surface area contributed by atoms with Crippen LogP contribution < -0.4 is 9.86 Å². The fourth-order valence-corrected chi connectivity index (χ4v) is 5.05. The smallest absolute Gasteiger partial charge is 0.249 e. The standard InChI is InChI=1S/C25H25F2N5O4S2/c1-17(37(28,33)34)15-29-25(31-38(35,36)22-13-11-21(27)12-14-22)32-16-23(18-5-3-2-4-6-18)24(30-32)19-7-9-20(26)10-8-19/h2-14,17,23H,15-16H2,1H3,(H,29,31)(H2,28,33,34)/t17?,23-/m0/s1. The molecule has 0 aromatic heterocycles. The minimum Gasteiger partial charge on any atom is -0.249 e. The normalized spacial score (nSPS) is 17.3. The minimum atomic E-state index is -4.26. The molecule has 3 aromatic rings. The molecule has 13 heteroatoms. The van der Waals surface area contributed by atoms with Gasteiger partial charge in [0.1, 0.15) is 11.6 Å². The summed E-state index contributed by atoms with van der Waals surface area (Å²) >= 11 is 0. The van der Waals surface area contributed by atoms with Crippen LogP contribution in [0.1, 0.15) is 24.0 Å². The van der Waals surface area contributed by atoms with E-state index in [2.05, 4.69) is 14.8 Å². The maximum atomic E-state index is 13.6. The van der Waals surface area contributed by atoms with Gasteiger partial charge in [0.25, 0.3) is 10.0 Å². The van der Waals surface area contributed by atoms with Crippen molar-refractivity contribution >= 4 is 31.7 Å². The van der Waals surface area contributed by atoms with Gasteiger partial charge < -0.3 is 0 Å². The summed E-state index contributed by atoms with van der Waals surface area (Å²) < 4.78 is 79.1. The topological polar surface area (TPSA) is 134 Å². The second-order valence-corrected chi connectivity index (χ2v) is 12.3. The number of hydrogen-bond acceptors (Lipinski definition) is 6. The summed E-state index contributed by atoms with van der Waals surface area (Å²) in [7, 11) is -8.21. The van der Waals surface area contributed by atoms with Crippen molar-refractivity contribution in [2.75, 3.05) is 13.1 Å². The molecule has 1 heterocycles. The molecule has 0 saturated heterocycles. The Bertz CT molecular complexity index is 1560. The Hall–Kier alpha value is -3.68. The van der Waals surface area contributed by atoms with Crippen molar-refractivity contribution in [1.29, 1.82) is 0 Å². The summed E-state index contributed by atoms with van der Waals surface area (Å²) in [5, 5.41) is 10.0. The first-order chi connectivity index (χ1) is 17.9. The highest BCUT2D eigenvalue weighted by Crippen LogP contribution is 2.29. The Labute approximate surface area is 219 Å². The lowest BCUT2D eigenvalue weighted by molar-refractivity contribution is 0.460. The zero-order chi connectivity index (χ0) is 27.5. The number of primary sulfonamides is 1. The van der Waals surface area contributed by atoms with Crippen LogP contribution in [0.2, 0.25) is 0 Å². The second-order valence-electron chi connectivity index (χ2n) is 8.66. The van der Waals surface area contributed by atoms with E-state index in [-0.39, 0.29) is 29.9 Å².